The first-order valence-electron chi connectivity index (χ1n) is 5.79. The summed E-state index contributed by atoms with van der Waals surface area (Å²) in [6.45, 7) is 0. The number of oxime groups is 1. The molecule has 0 saturated heterocycles. The topological polar surface area (TPSA) is 79.5 Å². The maximum Gasteiger partial charge on any atom is 0.325 e. The van der Waals surface area contributed by atoms with E-state index in [9.17, 15) is 13.7 Å². The molecule has 114 valence electrons. The third-order valence-corrected chi connectivity index (χ3v) is 4.68. The molecule has 0 amide bonds. The van der Waals surface area contributed by atoms with E-state index < -0.39 is 10.1 Å². The van der Waals surface area contributed by atoms with Crippen LogP contribution >= 0.6 is 33.4 Å². The molecular weight excluding hydrogens is 364 g/mol. The zero-order valence-corrected chi connectivity index (χ0v) is 14.4. The first kappa shape index (κ1) is 17.0. The standard InChI is InChI=1S/C13H9ClN2O3S3/c1-22(17,18)19-16-13-10(6-7-20-13)11(8-15)9-4-2-3-5-12(9)21-14/h2-7H,1H3/b11-10+,16-13-. The lowest BCUT2D eigenvalue weighted by Gasteiger charge is -2.07. The predicted octanol–water partition coefficient (Wildman–Crippen LogP) is 3.76. The zero-order valence-electron chi connectivity index (χ0n) is 11.2. The van der Waals surface area contributed by atoms with Crippen LogP contribution in [0, 0.1) is 11.3 Å². The highest BCUT2D eigenvalue weighted by Gasteiger charge is 2.20. The first-order valence-corrected chi connectivity index (χ1v) is 10.1. The zero-order chi connectivity index (χ0) is 16.2. The van der Waals surface area contributed by atoms with Gasteiger partial charge < -0.3 is 0 Å². The van der Waals surface area contributed by atoms with Crippen molar-refractivity contribution in [2.24, 2.45) is 5.16 Å². The quantitative estimate of drug-likeness (QED) is 0.591. The minimum atomic E-state index is -3.70. The van der Waals surface area contributed by atoms with E-state index in [2.05, 4.69) is 15.5 Å². The van der Waals surface area contributed by atoms with Crippen LogP contribution in [0.5, 0.6) is 0 Å². The van der Waals surface area contributed by atoms with Crippen LogP contribution in [0.3, 0.4) is 0 Å². The number of rotatable bonds is 4. The highest BCUT2D eigenvalue weighted by atomic mass is 35.7. The van der Waals surface area contributed by atoms with Crippen LogP contribution in [0.25, 0.3) is 5.57 Å². The monoisotopic (exact) mass is 372 g/mol. The molecule has 1 aromatic rings. The maximum absolute atomic E-state index is 11.0. The van der Waals surface area contributed by atoms with Gasteiger partial charge in [0.1, 0.15) is 11.1 Å². The van der Waals surface area contributed by atoms with E-state index in [1.165, 1.54) is 11.8 Å². The summed E-state index contributed by atoms with van der Waals surface area (Å²) in [6, 6.07) is 9.28. The Bertz CT molecular complexity index is 823. The van der Waals surface area contributed by atoms with E-state index >= 15 is 0 Å². The molecule has 0 aliphatic carbocycles. The van der Waals surface area contributed by atoms with Gasteiger partial charge in [-0.05, 0) is 39.2 Å². The molecule has 0 saturated carbocycles. The molecule has 1 aliphatic heterocycles. The Morgan fingerprint density at radius 1 is 1.45 bits per heavy atom. The van der Waals surface area contributed by atoms with Gasteiger partial charge in [-0.1, -0.05) is 35.1 Å². The number of benzene rings is 1. The van der Waals surface area contributed by atoms with E-state index in [-0.39, 0.29) is 0 Å². The van der Waals surface area contributed by atoms with Crippen molar-refractivity contribution in [3.8, 4) is 6.07 Å². The Balaban J connectivity index is 2.53. The van der Waals surface area contributed by atoms with Gasteiger partial charge in [0.25, 0.3) is 0 Å². The van der Waals surface area contributed by atoms with Crippen molar-refractivity contribution in [3.05, 3.63) is 46.9 Å². The average Bonchev–Trinajstić information content (AvgIpc) is 2.94. The van der Waals surface area contributed by atoms with E-state index in [1.807, 2.05) is 6.07 Å². The van der Waals surface area contributed by atoms with Crippen LogP contribution < -0.4 is 0 Å². The maximum atomic E-state index is 11.0. The lowest BCUT2D eigenvalue weighted by Crippen LogP contribution is -2.02. The molecule has 5 nitrogen and oxygen atoms in total. The lowest BCUT2D eigenvalue weighted by atomic mass is 10.0. The summed E-state index contributed by atoms with van der Waals surface area (Å²) in [6.07, 6.45) is 2.58. The fourth-order valence-electron chi connectivity index (χ4n) is 1.67. The number of allylic oxidation sites excluding steroid dienone is 2. The second kappa shape index (κ2) is 7.24. The van der Waals surface area contributed by atoms with E-state index in [4.69, 9.17) is 10.7 Å². The SMILES string of the molecule is CS(=O)(=O)O/N=C1\SC=C\C1=C(\C#N)c1ccccc1SCl. The van der Waals surface area contributed by atoms with Gasteiger partial charge in [0, 0.05) is 16.0 Å². The molecule has 0 aromatic heterocycles. The van der Waals surface area contributed by atoms with Crippen LogP contribution in [0.4, 0.5) is 0 Å². The molecule has 1 aliphatic rings. The highest BCUT2D eigenvalue weighted by molar-refractivity contribution is 8.21. The minimum absolute atomic E-state index is 0.302. The van der Waals surface area contributed by atoms with Gasteiger partial charge in [-0.2, -0.15) is 13.7 Å². The van der Waals surface area contributed by atoms with E-state index in [0.717, 1.165) is 22.1 Å². The van der Waals surface area contributed by atoms with Crippen molar-refractivity contribution in [1.82, 2.24) is 0 Å². The number of hydrogen-bond acceptors (Lipinski definition) is 7. The summed E-state index contributed by atoms with van der Waals surface area (Å²) < 4.78 is 26.5. The van der Waals surface area contributed by atoms with Gasteiger partial charge in [-0.25, -0.2) is 0 Å². The molecule has 2 rings (SSSR count). The summed E-state index contributed by atoms with van der Waals surface area (Å²) in [4.78, 5) is 0.724. The summed E-state index contributed by atoms with van der Waals surface area (Å²) in [7, 11) is 3.13. The molecule has 9 heteroatoms. The van der Waals surface area contributed by atoms with Crippen LogP contribution in [0.1, 0.15) is 5.56 Å². The van der Waals surface area contributed by atoms with Gasteiger partial charge in [-0.15, -0.1) is 0 Å². The van der Waals surface area contributed by atoms with Crippen molar-refractivity contribution in [2.75, 3.05) is 6.26 Å². The summed E-state index contributed by atoms with van der Waals surface area (Å²) >= 11 is 1.17. The molecular formula is C13H9ClN2O3S3. The number of thioether (sulfide) groups is 1. The molecule has 1 aromatic carbocycles. The van der Waals surface area contributed by atoms with Crippen molar-refractivity contribution in [2.45, 2.75) is 4.90 Å². The third-order valence-electron chi connectivity index (χ3n) is 2.52. The molecule has 1 heterocycles. The Morgan fingerprint density at radius 2 is 2.18 bits per heavy atom. The average molecular weight is 373 g/mol. The third kappa shape index (κ3) is 4.08. The van der Waals surface area contributed by atoms with Crippen molar-refractivity contribution < 1.29 is 12.7 Å². The number of hydrogen-bond donors (Lipinski definition) is 0. The molecule has 0 bridgehead atoms. The molecule has 0 fully saturated rings. The van der Waals surface area contributed by atoms with Crippen LogP contribution in [-0.2, 0) is 14.4 Å². The second-order valence-corrected chi connectivity index (χ2v) is 7.58. The molecule has 0 spiro atoms. The van der Waals surface area contributed by atoms with Gasteiger partial charge in [-0.3, -0.25) is 4.28 Å². The summed E-state index contributed by atoms with van der Waals surface area (Å²) in [5.41, 5.74) is 1.49. The normalized spacial score (nSPS) is 18.3. The number of nitriles is 1. The van der Waals surface area contributed by atoms with Gasteiger partial charge in [0.2, 0.25) is 0 Å². The first-order chi connectivity index (χ1) is 10.5. The molecule has 22 heavy (non-hydrogen) atoms. The molecule has 0 atom stereocenters. The van der Waals surface area contributed by atoms with Crippen molar-refractivity contribution in [3.63, 3.8) is 0 Å². The van der Waals surface area contributed by atoms with Crippen LogP contribution in [0.2, 0.25) is 0 Å². The fourth-order valence-corrected chi connectivity index (χ4v) is 3.42. The summed E-state index contributed by atoms with van der Waals surface area (Å²) in [5.74, 6) is 0. The van der Waals surface area contributed by atoms with E-state index in [0.29, 0.717) is 21.8 Å². The van der Waals surface area contributed by atoms with Gasteiger partial charge in [0.15, 0.2) is 0 Å². The Morgan fingerprint density at radius 3 is 2.82 bits per heavy atom. The van der Waals surface area contributed by atoms with Crippen LogP contribution in [-0.4, -0.2) is 19.7 Å². The van der Waals surface area contributed by atoms with Gasteiger partial charge in [0.05, 0.1) is 11.8 Å². The summed E-state index contributed by atoms with van der Waals surface area (Å²) in [5, 5.41) is 15.1. The minimum Gasteiger partial charge on any atom is -0.268 e. The number of nitrogens with zero attached hydrogens (tertiary/aromatic N) is 2. The van der Waals surface area contributed by atoms with Crippen LogP contribution in [0.15, 0.2) is 51.4 Å². The Hall–Kier alpha value is -1.40. The number of halogens is 1. The Labute approximate surface area is 141 Å². The van der Waals surface area contributed by atoms with Gasteiger partial charge >= 0.3 is 10.1 Å². The highest BCUT2D eigenvalue weighted by Crippen LogP contribution is 2.36. The predicted molar refractivity (Wildman–Crippen MR) is 90.8 cm³/mol. The fraction of sp³-hybridized carbons (Fsp3) is 0.0769. The van der Waals surface area contributed by atoms with E-state index in [1.54, 1.807) is 29.7 Å². The lowest BCUT2D eigenvalue weighted by molar-refractivity contribution is 0.345. The second-order valence-electron chi connectivity index (χ2n) is 4.07. The largest absolute Gasteiger partial charge is 0.325 e. The van der Waals surface area contributed by atoms with Crippen molar-refractivity contribution >= 4 is 54.2 Å². The molecule has 0 N–H and O–H groups in total. The molecule has 0 radical (unpaired) electrons. The smallest absolute Gasteiger partial charge is 0.268 e. The Kier molecular flexibility index (Phi) is 5.58. The van der Waals surface area contributed by atoms with Crippen molar-refractivity contribution in [1.29, 1.82) is 5.26 Å². The molecule has 0 unspecified atom stereocenters.